The summed E-state index contributed by atoms with van der Waals surface area (Å²) in [6, 6.07) is 10.7. The molecule has 0 saturated carbocycles. The molecule has 0 bridgehead atoms. The standard InChI is InChI=1S/C20H31N3O2/c1-16(19-8-5-13-25-19)22-20(24)21-14-18-10-12-23(15-18)11-9-17-6-3-2-4-7-17/h2-4,6-7,16,18-19H,5,8-15H2,1H3,(H2,21,22,24)/t16-,18+,19-/m0/s1. The number of hydrogen-bond donors (Lipinski definition) is 2. The van der Waals surface area contributed by atoms with Crippen molar-refractivity contribution in [2.75, 3.05) is 32.8 Å². The van der Waals surface area contributed by atoms with E-state index in [0.29, 0.717) is 5.92 Å². The maximum Gasteiger partial charge on any atom is 0.315 e. The van der Waals surface area contributed by atoms with Crippen LogP contribution in [0.2, 0.25) is 0 Å². The number of ether oxygens (including phenoxy) is 1. The Morgan fingerprint density at radius 2 is 2.16 bits per heavy atom. The number of urea groups is 1. The zero-order valence-corrected chi connectivity index (χ0v) is 15.2. The van der Waals surface area contributed by atoms with Crippen LogP contribution in [-0.4, -0.2) is 55.9 Å². The summed E-state index contributed by atoms with van der Waals surface area (Å²) < 4.78 is 5.62. The molecule has 0 radical (unpaired) electrons. The molecule has 25 heavy (non-hydrogen) atoms. The van der Waals surface area contributed by atoms with Gasteiger partial charge < -0.3 is 20.3 Å². The smallest absolute Gasteiger partial charge is 0.315 e. The first-order chi connectivity index (χ1) is 12.2. The molecular formula is C20H31N3O2. The minimum atomic E-state index is -0.0641. The largest absolute Gasteiger partial charge is 0.376 e. The Balaban J connectivity index is 1.30. The van der Waals surface area contributed by atoms with Gasteiger partial charge in [0.15, 0.2) is 0 Å². The van der Waals surface area contributed by atoms with E-state index in [1.807, 2.05) is 6.92 Å². The summed E-state index contributed by atoms with van der Waals surface area (Å²) in [5.74, 6) is 0.555. The number of nitrogens with one attached hydrogen (secondary N) is 2. The second-order valence-electron chi connectivity index (χ2n) is 7.39. The molecule has 1 aromatic rings. The van der Waals surface area contributed by atoms with Gasteiger partial charge in [0.05, 0.1) is 12.1 Å². The molecule has 1 aromatic carbocycles. The van der Waals surface area contributed by atoms with Crippen LogP contribution in [0.4, 0.5) is 4.79 Å². The van der Waals surface area contributed by atoms with Crippen molar-refractivity contribution in [3.63, 3.8) is 0 Å². The van der Waals surface area contributed by atoms with Gasteiger partial charge in [-0.15, -0.1) is 0 Å². The SMILES string of the molecule is C[C@H](NC(=O)NC[C@H]1CCN(CCc2ccccc2)C1)[C@@H]1CCCO1. The summed E-state index contributed by atoms with van der Waals surface area (Å²) in [4.78, 5) is 14.6. The lowest BCUT2D eigenvalue weighted by atomic mass is 10.1. The maximum atomic E-state index is 12.1. The highest BCUT2D eigenvalue weighted by Crippen LogP contribution is 2.17. The third kappa shape index (κ3) is 5.72. The molecule has 2 aliphatic heterocycles. The molecule has 138 valence electrons. The van der Waals surface area contributed by atoms with Crippen molar-refractivity contribution >= 4 is 6.03 Å². The van der Waals surface area contributed by atoms with Gasteiger partial charge in [0.25, 0.3) is 0 Å². The molecule has 5 heteroatoms. The number of rotatable bonds is 7. The minimum Gasteiger partial charge on any atom is -0.376 e. The van der Waals surface area contributed by atoms with Crippen LogP contribution >= 0.6 is 0 Å². The second kappa shape index (κ2) is 9.20. The highest BCUT2D eigenvalue weighted by atomic mass is 16.5. The molecule has 2 heterocycles. The average Bonchev–Trinajstić information content (AvgIpc) is 3.31. The van der Waals surface area contributed by atoms with Crippen LogP contribution in [0, 0.1) is 5.92 Å². The van der Waals surface area contributed by atoms with Crippen molar-refractivity contribution in [3.8, 4) is 0 Å². The van der Waals surface area contributed by atoms with Gasteiger partial charge in [-0.3, -0.25) is 0 Å². The van der Waals surface area contributed by atoms with Crippen molar-refractivity contribution in [1.29, 1.82) is 0 Å². The van der Waals surface area contributed by atoms with Crippen LogP contribution in [0.1, 0.15) is 31.7 Å². The summed E-state index contributed by atoms with van der Waals surface area (Å²) in [6.45, 7) is 6.91. The fraction of sp³-hybridized carbons (Fsp3) is 0.650. The van der Waals surface area contributed by atoms with E-state index in [0.717, 1.165) is 58.5 Å². The van der Waals surface area contributed by atoms with Gasteiger partial charge in [0, 0.05) is 26.2 Å². The van der Waals surface area contributed by atoms with E-state index in [1.54, 1.807) is 0 Å². The molecule has 3 rings (SSSR count). The van der Waals surface area contributed by atoms with Crippen LogP contribution < -0.4 is 10.6 Å². The topological polar surface area (TPSA) is 53.6 Å². The Kier molecular flexibility index (Phi) is 6.70. The van der Waals surface area contributed by atoms with Crippen molar-refractivity contribution < 1.29 is 9.53 Å². The average molecular weight is 345 g/mol. The van der Waals surface area contributed by atoms with Crippen molar-refractivity contribution in [3.05, 3.63) is 35.9 Å². The maximum absolute atomic E-state index is 12.1. The van der Waals surface area contributed by atoms with E-state index in [4.69, 9.17) is 4.74 Å². The first-order valence-corrected chi connectivity index (χ1v) is 9.63. The molecule has 2 amide bonds. The normalized spacial score (nSPS) is 25.0. The Labute approximate surface area is 151 Å². The Morgan fingerprint density at radius 1 is 1.32 bits per heavy atom. The van der Waals surface area contributed by atoms with Gasteiger partial charge in [-0.2, -0.15) is 0 Å². The molecule has 2 saturated heterocycles. The van der Waals surface area contributed by atoms with Crippen molar-refractivity contribution in [2.45, 2.75) is 44.8 Å². The first kappa shape index (κ1) is 18.2. The molecule has 0 aliphatic carbocycles. The lowest BCUT2D eigenvalue weighted by Crippen LogP contribution is -2.47. The Morgan fingerprint density at radius 3 is 2.92 bits per heavy atom. The number of carbonyl (C=O) groups excluding carboxylic acids is 1. The summed E-state index contributed by atoms with van der Waals surface area (Å²) in [6.07, 6.45) is 4.57. The van der Waals surface area contributed by atoms with Gasteiger partial charge in [0.2, 0.25) is 0 Å². The highest BCUT2D eigenvalue weighted by Gasteiger charge is 2.25. The zero-order chi connectivity index (χ0) is 17.5. The third-order valence-electron chi connectivity index (χ3n) is 5.36. The number of amides is 2. The van der Waals surface area contributed by atoms with Crippen LogP contribution in [0.5, 0.6) is 0 Å². The quantitative estimate of drug-likeness (QED) is 0.798. The number of likely N-dealkylation sites (tertiary alicyclic amines) is 1. The van der Waals surface area contributed by atoms with E-state index in [1.165, 1.54) is 5.56 Å². The summed E-state index contributed by atoms with van der Waals surface area (Å²) in [7, 11) is 0. The second-order valence-corrected chi connectivity index (χ2v) is 7.39. The molecular weight excluding hydrogens is 314 g/mol. The predicted octanol–water partition coefficient (Wildman–Crippen LogP) is 2.42. The van der Waals surface area contributed by atoms with Crippen LogP contribution in [0.3, 0.4) is 0 Å². The van der Waals surface area contributed by atoms with Gasteiger partial charge in [0.1, 0.15) is 0 Å². The van der Waals surface area contributed by atoms with Crippen molar-refractivity contribution in [2.24, 2.45) is 5.92 Å². The molecule has 0 unspecified atom stereocenters. The van der Waals surface area contributed by atoms with E-state index < -0.39 is 0 Å². The molecule has 2 N–H and O–H groups in total. The third-order valence-corrected chi connectivity index (χ3v) is 5.36. The van der Waals surface area contributed by atoms with Gasteiger partial charge >= 0.3 is 6.03 Å². The Hall–Kier alpha value is -1.59. The van der Waals surface area contributed by atoms with E-state index in [2.05, 4.69) is 45.9 Å². The van der Waals surface area contributed by atoms with Gasteiger partial charge in [-0.05, 0) is 50.6 Å². The molecule has 0 spiro atoms. The number of hydrogen-bond acceptors (Lipinski definition) is 3. The number of benzene rings is 1. The predicted molar refractivity (Wildman–Crippen MR) is 99.7 cm³/mol. The number of carbonyl (C=O) groups is 1. The molecule has 2 aliphatic rings. The fourth-order valence-corrected chi connectivity index (χ4v) is 3.80. The lowest BCUT2D eigenvalue weighted by molar-refractivity contribution is 0.0860. The van der Waals surface area contributed by atoms with Crippen molar-refractivity contribution in [1.82, 2.24) is 15.5 Å². The molecule has 0 aromatic heterocycles. The van der Waals surface area contributed by atoms with E-state index >= 15 is 0 Å². The fourth-order valence-electron chi connectivity index (χ4n) is 3.80. The summed E-state index contributed by atoms with van der Waals surface area (Å²) in [5, 5.41) is 6.06. The lowest BCUT2D eigenvalue weighted by Gasteiger charge is -2.21. The van der Waals surface area contributed by atoms with Gasteiger partial charge in [-0.25, -0.2) is 4.79 Å². The van der Waals surface area contributed by atoms with Crippen LogP contribution in [0.25, 0.3) is 0 Å². The molecule has 3 atom stereocenters. The zero-order valence-electron chi connectivity index (χ0n) is 15.2. The van der Waals surface area contributed by atoms with Crippen LogP contribution in [0.15, 0.2) is 30.3 Å². The van der Waals surface area contributed by atoms with Crippen LogP contribution in [-0.2, 0) is 11.2 Å². The summed E-state index contributed by atoms with van der Waals surface area (Å²) >= 11 is 0. The monoisotopic (exact) mass is 345 g/mol. The Bertz CT molecular complexity index is 531. The minimum absolute atomic E-state index is 0.0641. The molecule has 2 fully saturated rings. The highest BCUT2D eigenvalue weighted by molar-refractivity contribution is 5.74. The number of nitrogens with zero attached hydrogens (tertiary/aromatic N) is 1. The summed E-state index contributed by atoms with van der Waals surface area (Å²) in [5.41, 5.74) is 1.39. The van der Waals surface area contributed by atoms with Gasteiger partial charge in [-0.1, -0.05) is 30.3 Å². The van der Waals surface area contributed by atoms with E-state index in [-0.39, 0.29) is 18.2 Å². The first-order valence-electron chi connectivity index (χ1n) is 9.63. The van der Waals surface area contributed by atoms with E-state index in [9.17, 15) is 4.79 Å². The molecule has 5 nitrogen and oxygen atoms in total.